The van der Waals surface area contributed by atoms with Gasteiger partial charge in [0.1, 0.15) is 12.3 Å². The van der Waals surface area contributed by atoms with Crippen LogP contribution in [0.3, 0.4) is 0 Å². The zero-order valence-corrected chi connectivity index (χ0v) is 15.1. The minimum Gasteiger partial charge on any atom is -0.497 e. The number of amides is 3. The number of esters is 1. The zero-order chi connectivity index (χ0) is 20.5. The van der Waals surface area contributed by atoms with E-state index in [4.69, 9.17) is 15.2 Å². The van der Waals surface area contributed by atoms with E-state index in [1.54, 1.807) is 24.3 Å². The topological polar surface area (TPSA) is 137 Å². The Kier molecular flexibility index (Phi) is 7.09. The second-order valence-corrected chi connectivity index (χ2v) is 5.56. The number of hydrogen-bond donors (Lipinski definition) is 3. The van der Waals surface area contributed by atoms with E-state index < -0.39 is 30.3 Å². The van der Waals surface area contributed by atoms with Crippen LogP contribution < -0.4 is 21.1 Å². The Morgan fingerprint density at radius 3 is 2.11 bits per heavy atom. The molecule has 2 aromatic carbocycles. The van der Waals surface area contributed by atoms with Gasteiger partial charge in [0.15, 0.2) is 6.61 Å². The molecule has 0 heterocycles. The summed E-state index contributed by atoms with van der Waals surface area (Å²) in [5, 5.41) is 4.89. The summed E-state index contributed by atoms with van der Waals surface area (Å²) in [6, 6.07) is 12.2. The van der Waals surface area contributed by atoms with Gasteiger partial charge in [0, 0.05) is 16.8 Å². The summed E-state index contributed by atoms with van der Waals surface area (Å²) in [5.41, 5.74) is 6.20. The first-order valence-corrected chi connectivity index (χ1v) is 8.16. The Morgan fingerprint density at radius 2 is 1.54 bits per heavy atom. The predicted octanol–water partition coefficient (Wildman–Crippen LogP) is 0.706. The third-order valence-electron chi connectivity index (χ3n) is 3.56. The van der Waals surface area contributed by atoms with Crippen molar-refractivity contribution in [3.05, 3.63) is 59.7 Å². The van der Waals surface area contributed by atoms with Crippen molar-refractivity contribution in [2.24, 2.45) is 5.73 Å². The van der Waals surface area contributed by atoms with Crippen molar-refractivity contribution in [2.45, 2.75) is 0 Å². The lowest BCUT2D eigenvalue weighted by molar-refractivity contribution is -0.146. The normalized spacial score (nSPS) is 9.89. The minimum atomic E-state index is -0.763. The number of carbonyl (C=O) groups is 4. The molecule has 4 N–H and O–H groups in total. The summed E-state index contributed by atoms with van der Waals surface area (Å²) in [5.74, 6) is -1.77. The fraction of sp³-hybridized carbons (Fsp3) is 0.158. The summed E-state index contributed by atoms with van der Waals surface area (Å²) in [4.78, 5) is 46.4. The van der Waals surface area contributed by atoms with E-state index >= 15 is 0 Å². The van der Waals surface area contributed by atoms with E-state index in [2.05, 4.69) is 10.6 Å². The van der Waals surface area contributed by atoms with Gasteiger partial charge in [-0.3, -0.25) is 19.2 Å². The molecular weight excluding hydrogens is 366 g/mol. The first kappa shape index (κ1) is 20.4. The van der Waals surface area contributed by atoms with Crippen molar-refractivity contribution < 1.29 is 28.7 Å². The van der Waals surface area contributed by atoms with Crippen LogP contribution in [0.5, 0.6) is 5.75 Å². The number of rotatable bonds is 8. The van der Waals surface area contributed by atoms with Crippen LogP contribution in [-0.4, -0.2) is 44.0 Å². The molecule has 3 amide bonds. The summed E-state index contributed by atoms with van der Waals surface area (Å²) in [6.45, 7) is -0.903. The number of nitrogens with two attached hydrogens (primary N) is 1. The molecule has 0 saturated carbocycles. The van der Waals surface area contributed by atoms with Crippen LogP contribution in [0.1, 0.15) is 20.7 Å². The van der Waals surface area contributed by atoms with Gasteiger partial charge in [0.2, 0.25) is 5.91 Å². The fourth-order valence-corrected chi connectivity index (χ4v) is 2.11. The zero-order valence-electron chi connectivity index (χ0n) is 15.1. The molecule has 0 aliphatic carbocycles. The quantitative estimate of drug-likeness (QED) is 0.572. The molecule has 2 aromatic rings. The summed E-state index contributed by atoms with van der Waals surface area (Å²) >= 11 is 0. The van der Waals surface area contributed by atoms with Gasteiger partial charge in [-0.05, 0) is 48.5 Å². The van der Waals surface area contributed by atoms with Gasteiger partial charge in [0.05, 0.1) is 7.11 Å². The summed E-state index contributed by atoms with van der Waals surface area (Å²) in [6.07, 6.45) is 0. The van der Waals surface area contributed by atoms with Crippen molar-refractivity contribution in [1.82, 2.24) is 5.32 Å². The molecule has 0 fully saturated rings. The van der Waals surface area contributed by atoms with Crippen LogP contribution in [0.15, 0.2) is 48.5 Å². The van der Waals surface area contributed by atoms with Crippen molar-refractivity contribution in [3.8, 4) is 5.75 Å². The molecule has 2 rings (SSSR count). The minimum absolute atomic E-state index is 0.303. The highest BCUT2D eigenvalue weighted by atomic mass is 16.5. The Balaban J connectivity index is 1.72. The maximum absolute atomic E-state index is 11.9. The van der Waals surface area contributed by atoms with Crippen LogP contribution >= 0.6 is 0 Å². The summed E-state index contributed by atoms with van der Waals surface area (Å²) in [7, 11) is 1.51. The number of hydrogen-bond acceptors (Lipinski definition) is 6. The van der Waals surface area contributed by atoms with Crippen LogP contribution in [-0.2, 0) is 14.3 Å². The lowest BCUT2D eigenvalue weighted by Crippen LogP contribution is -2.32. The number of nitrogens with one attached hydrogen (secondary N) is 2. The molecule has 0 bridgehead atoms. The third-order valence-corrected chi connectivity index (χ3v) is 3.56. The molecule has 0 spiro atoms. The van der Waals surface area contributed by atoms with E-state index in [1.165, 1.54) is 31.4 Å². The lowest BCUT2D eigenvalue weighted by atomic mass is 10.2. The van der Waals surface area contributed by atoms with E-state index in [-0.39, 0.29) is 6.54 Å². The van der Waals surface area contributed by atoms with Crippen LogP contribution in [0, 0.1) is 0 Å². The highest BCUT2D eigenvalue weighted by Crippen LogP contribution is 2.11. The van der Waals surface area contributed by atoms with Crippen LogP contribution in [0.4, 0.5) is 5.69 Å². The Morgan fingerprint density at radius 1 is 0.929 bits per heavy atom. The second kappa shape index (κ2) is 9.72. The van der Waals surface area contributed by atoms with Crippen molar-refractivity contribution in [1.29, 1.82) is 0 Å². The van der Waals surface area contributed by atoms with E-state index in [1.807, 2.05) is 0 Å². The molecule has 0 aromatic heterocycles. The molecule has 0 aliphatic rings. The van der Waals surface area contributed by atoms with Gasteiger partial charge in [-0.25, -0.2) is 0 Å². The first-order chi connectivity index (χ1) is 13.4. The van der Waals surface area contributed by atoms with E-state index in [0.717, 1.165) is 0 Å². The highest BCUT2D eigenvalue weighted by molar-refractivity contribution is 5.97. The molecule has 0 atom stereocenters. The van der Waals surface area contributed by atoms with Gasteiger partial charge in [0.25, 0.3) is 11.8 Å². The fourth-order valence-electron chi connectivity index (χ4n) is 2.11. The second-order valence-electron chi connectivity index (χ2n) is 5.56. The smallest absolute Gasteiger partial charge is 0.325 e. The molecule has 0 saturated heterocycles. The number of methoxy groups -OCH3 is 1. The number of carbonyl (C=O) groups excluding carboxylic acids is 4. The maximum Gasteiger partial charge on any atom is 0.325 e. The molecule has 28 heavy (non-hydrogen) atoms. The van der Waals surface area contributed by atoms with Crippen LogP contribution in [0.25, 0.3) is 0 Å². The average Bonchev–Trinajstić information content (AvgIpc) is 2.71. The average molecular weight is 385 g/mol. The van der Waals surface area contributed by atoms with Gasteiger partial charge in [-0.2, -0.15) is 0 Å². The first-order valence-electron chi connectivity index (χ1n) is 8.16. The molecular formula is C19H19N3O6. The van der Waals surface area contributed by atoms with Gasteiger partial charge < -0.3 is 25.8 Å². The molecule has 0 radical (unpaired) electrons. The Bertz CT molecular complexity index is 862. The van der Waals surface area contributed by atoms with Crippen molar-refractivity contribution in [2.75, 3.05) is 25.6 Å². The van der Waals surface area contributed by atoms with E-state index in [9.17, 15) is 19.2 Å². The molecule has 9 nitrogen and oxygen atoms in total. The molecule has 146 valence electrons. The SMILES string of the molecule is COc1ccc(C(=O)NCC(=O)OCC(=O)Nc2ccc(C(N)=O)cc2)cc1. The number of benzene rings is 2. The Labute approximate surface area is 160 Å². The standard InChI is InChI=1S/C19H19N3O6/c1-27-15-8-4-13(5-9-15)19(26)21-10-17(24)28-11-16(23)22-14-6-2-12(3-7-14)18(20)25/h2-9H,10-11H2,1H3,(H2,20,25)(H,21,26)(H,22,23). The third kappa shape index (κ3) is 6.13. The van der Waals surface area contributed by atoms with Crippen molar-refractivity contribution >= 4 is 29.4 Å². The molecule has 0 unspecified atom stereocenters. The van der Waals surface area contributed by atoms with Gasteiger partial charge >= 0.3 is 5.97 Å². The highest BCUT2D eigenvalue weighted by Gasteiger charge is 2.11. The van der Waals surface area contributed by atoms with Gasteiger partial charge in [-0.1, -0.05) is 0 Å². The summed E-state index contributed by atoms with van der Waals surface area (Å²) < 4.78 is 9.80. The number of primary amides is 1. The van der Waals surface area contributed by atoms with Gasteiger partial charge in [-0.15, -0.1) is 0 Å². The Hall–Kier alpha value is -3.88. The van der Waals surface area contributed by atoms with Crippen LogP contribution in [0.2, 0.25) is 0 Å². The van der Waals surface area contributed by atoms with E-state index in [0.29, 0.717) is 22.6 Å². The number of ether oxygens (including phenoxy) is 2. The molecule has 9 heteroatoms. The number of anilines is 1. The predicted molar refractivity (Wildman–Crippen MR) is 99.9 cm³/mol. The monoisotopic (exact) mass is 385 g/mol. The molecule has 0 aliphatic heterocycles. The van der Waals surface area contributed by atoms with Crippen molar-refractivity contribution in [3.63, 3.8) is 0 Å². The largest absolute Gasteiger partial charge is 0.497 e. The lowest BCUT2D eigenvalue weighted by Gasteiger charge is -2.08. The maximum atomic E-state index is 11.9.